The van der Waals surface area contributed by atoms with Crippen LogP contribution in [0, 0.1) is 23.2 Å². The van der Waals surface area contributed by atoms with E-state index in [2.05, 4.69) is 5.32 Å². The molecule has 0 heterocycles. The van der Waals surface area contributed by atoms with Gasteiger partial charge in [0.2, 0.25) is 5.91 Å². The number of hydrogen-bond donors (Lipinski definition) is 2. The molecule has 4 saturated carbocycles. The molecule has 0 spiro atoms. The van der Waals surface area contributed by atoms with Crippen LogP contribution in [0.5, 0.6) is 0 Å². The van der Waals surface area contributed by atoms with E-state index in [0.29, 0.717) is 6.42 Å². The molecule has 4 fully saturated rings. The molecular formula is C16H27NO2. The van der Waals surface area contributed by atoms with Crippen LogP contribution in [-0.2, 0) is 4.79 Å². The van der Waals surface area contributed by atoms with Crippen LogP contribution in [0.2, 0.25) is 0 Å². The smallest absolute Gasteiger partial charge is 0.226 e. The van der Waals surface area contributed by atoms with Crippen molar-refractivity contribution >= 4 is 5.91 Å². The summed E-state index contributed by atoms with van der Waals surface area (Å²) in [5.74, 6) is 2.68. The van der Waals surface area contributed by atoms with Crippen molar-refractivity contribution < 1.29 is 9.90 Å². The van der Waals surface area contributed by atoms with Crippen LogP contribution < -0.4 is 5.32 Å². The van der Waals surface area contributed by atoms with Crippen molar-refractivity contribution in [1.82, 2.24) is 5.32 Å². The first-order chi connectivity index (χ1) is 8.92. The third kappa shape index (κ3) is 2.42. The average molecular weight is 265 g/mol. The van der Waals surface area contributed by atoms with Gasteiger partial charge in [0.15, 0.2) is 0 Å². The fraction of sp³-hybridized carbons (Fsp3) is 0.938. The van der Waals surface area contributed by atoms with E-state index in [4.69, 9.17) is 5.11 Å². The van der Waals surface area contributed by atoms with Crippen LogP contribution in [0.25, 0.3) is 0 Å². The fourth-order valence-electron chi connectivity index (χ4n) is 5.17. The molecule has 19 heavy (non-hydrogen) atoms. The van der Waals surface area contributed by atoms with Gasteiger partial charge in [-0.05, 0) is 76.5 Å². The molecule has 0 radical (unpaired) electrons. The predicted molar refractivity (Wildman–Crippen MR) is 74.5 cm³/mol. The zero-order valence-corrected chi connectivity index (χ0v) is 12.2. The summed E-state index contributed by atoms with van der Waals surface area (Å²) >= 11 is 0. The second-order valence-corrected chi connectivity index (χ2v) is 8.01. The number of rotatable bonds is 4. The molecule has 4 rings (SSSR count). The van der Waals surface area contributed by atoms with E-state index in [9.17, 15) is 4.79 Å². The molecule has 2 N–H and O–H groups in total. The van der Waals surface area contributed by atoms with Crippen molar-refractivity contribution in [2.75, 3.05) is 6.61 Å². The van der Waals surface area contributed by atoms with Crippen molar-refractivity contribution in [2.24, 2.45) is 23.2 Å². The Balaban J connectivity index is 1.73. The summed E-state index contributed by atoms with van der Waals surface area (Å²) < 4.78 is 0. The lowest BCUT2D eigenvalue weighted by Gasteiger charge is -2.56. The van der Waals surface area contributed by atoms with Gasteiger partial charge in [-0.3, -0.25) is 4.79 Å². The van der Waals surface area contributed by atoms with Crippen LogP contribution >= 0.6 is 0 Å². The molecule has 0 aromatic heterocycles. The molecule has 0 aromatic rings. The van der Waals surface area contributed by atoms with Crippen LogP contribution in [0.15, 0.2) is 0 Å². The van der Waals surface area contributed by atoms with E-state index >= 15 is 0 Å². The topological polar surface area (TPSA) is 49.3 Å². The molecule has 0 aromatic carbocycles. The molecule has 108 valence electrons. The van der Waals surface area contributed by atoms with Gasteiger partial charge in [0.1, 0.15) is 0 Å². The van der Waals surface area contributed by atoms with Gasteiger partial charge in [-0.15, -0.1) is 0 Å². The van der Waals surface area contributed by atoms with Crippen molar-refractivity contribution in [1.29, 1.82) is 0 Å². The highest BCUT2D eigenvalue weighted by atomic mass is 16.3. The van der Waals surface area contributed by atoms with Crippen molar-refractivity contribution in [3.63, 3.8) is 0 Å². The van der Waals surface area contributed by atoms with Gasteiger partial charge in [-0.1, -0.05) is 0 Å². The van der Waals surface area contributed by atoms with Gasteiger partial charge in [0.25, 0.3) is 0 Å². The molecule has 0 saturated heterocycles. The number of carbonyl (C=O) groups excluding carboxylic acids is 1. The van der Waals surface area contributed by atoms with Crippen LogP contribution in [0.4, 0.5) is 0 Å². The average Bonchev–Trinajstić information content (AvgIpc) is 2.25. The molecule has 3 heteroatoms. The first-order valence-corrected chi connectivity index (χ1v) is 7.86. The monoisotopic (exact) mass is 265 g/mol. The van der Waals surface area contributed by atoms with Crippen molar-refractivity contribution in [3.05, 3.63) is 0 Å². The minimum Gasteiger partial charge on any atom is -0.396 e. The van der Waals surface area contributed by atoms with Crippen LogP contribution in [-0.4, -0.2) is 23.2 Å². The molecule has 4 aliphatic carbocycles. The summed E-state index contributed by atoms with van der Waals surface area (Å²) in [5.41, 5.74) is -0.351. The summed E-state index contributed by atoms with van der Waals surface area (Å²) in [7, 11) is 0. The van der Waals surface area contributed by atoms with Gasteiger partial charge >= 0.3 is 0 Å². The lowest BCUT2D eigenvalue weighted by atomic mass is 9.49. The van der Waals surface area contributed by atoms with E-state index in [1.54, 1.807) is 0 Å². The Morgan fingerprint density at radius 1 is 1.16 bits per heavy atom. The standard InChI is InChI=1S/C16H27NO2/c1-15(2,3-4-18)17-14(19)16-8-11-5-12(9-16)7-13(6-11)10-16/h11-13,18H,3-10H2,1-2H3,(H,17,19). The summed E-state index contributed by atoms with van der Waals surface area (Å²) in [6, 6.07) is 0. The minimum atomic E-state index is -0.283. The summed E-state index contributed by atoms with van der Waals surface area (Å²) in [5, 5.41) is 12.3. The second kappa shape index (κ2) is 4.47. The molecule has 4 bridgehead atoms. The zero-order chi connectivity index (χ0) is 13.7. The number of amides is 1. The lowest BCUT2D eigenvalue weighted by Crippen LogP contribution is -2.57. The van der Waals surface area contributed by atoms with Gasteiger partial charge in [-0.2, -0.15) is 0 Å². The quantitative estimate of drug-likeness (QED) is 0.820. The Morgan fingerprint density at radius 2 is 1.63 bits per heavy atom. The minimum absolute atomic E-state index is 0.0680. The highest BCUT2D eigenvalue weighted by molar-refractivity contribution is 5.83. The molecule has 1 amide bonds. The summed E-state index contributed by atoms with van der Waals surface area (Å²) in [6.45, 7) is 4.16. The van der Waals surface area contributed by atoms with Crippen LogP contribution in [0.3, 0.4) is 0 Å². The largest absolute Gasteiger partial charge is 0.396 e. The lowest BCUT2D eigenvalue weighted by molar-refractivity contribution is -0.148. The second-order valence-electron chi connectivity index (χ2n) is 8.01. The summed E-state index contributed by atoms with van der Waals surface area (Å²) in [4.78, 5) is 12.8. The zero-order valence-electron chi connectivity index (χ0n) is 12.2. The number of aliphatic hydroxyl groups is 1. The van der Waals surface area contributed by atoms with Gasteiger partial charge in [-0.25, -0.2) is 0 Å². The maximum atomic E-state index is 12.8. The molecule has 0 atom stereocenters. The van der Waals surface area contributed by atoms with E-state index in [1.807, 2.05) is 13.8 Å². The maximum absolute atomic E-state index is 12.8. The first kappa shape index (κ1) is 13.4. The van der Waals surface area contributed by atoms with E-state index in [1.165, 1.54) is 19.3 Å². The number of aliphatic hydroxyl groups excluding tert-OH is 1. The third-order valence-electron chi connectivity index (χ3n) is 5.71. The Morgan fingerprint density at radius 3 is 2.05 bits per heavy atom. The predicted octanol–water partition coefficient (Wildman–Crippen LogP) is 2.48. The number of carbonyl (C=O) groups is 1. The Labute approximate surface area is 116 Å². The Kier molecular flexibility index (Phi) is 3.16. The SMILES string of the molecule is CC(C)(CCO)NC(=O)C12CC3CC(CC(C3)C1)C2. The van der Waals surface area contributed by atoms with Crippen molar-refractivity contribution in [3.8, 4) is 0 Å². The van der Waals surface area contributed by atoms with Crippen molar-refractivity contribution in [2.45, 2.75) is 64.3 Å². The fourth-order valence-corrected chi connectivity index (χ4v) is 5.17. The molecule has 0 unspecified atom stereocenters. The molecule has 0 aliphatic heterocycles. The molecular weight excluding hydrogens is 238 g/mol. The highest BCUT2D eigenvalue weighted by Crippen LogP contribution is 2.60. The van der Waals surface area contributed by atoms with Gasteiger partial charge in [0.05, 0.1) is 0 Å². The third-order valence-corrected chi connectivity index (χ3v) is 5.71. The molecule has 3 nitrogen and oxygen atoms in total. The Bertz CT molecular complexity index is 340. The van der Waals surface area contributed by atoms with E-state index in [0.717, 1.165) is 37.0 Å². The normalized spacial score (nSPS) is 40.5. The van der Waals surface area contributed by atoms with Gasteiger partial charge in [0, 0.05) is 17.6 Å². The molecule has 4 aliphatic rings. The first-order valence-electron chi connectivity index (χ1n) is 7.86. The summed E-state index contributed by atoms with van der Waals surface area (Å²) in [6.07, 6.45) is 8.07. The number of hydrogen-bond acceptors (Lipinski definition) is 2. The van der Waals surface area contributed by atoms with Crippen LogP contribution in [0.1, 0.15) is 58.8 Å². The van der Waals surface area contributed by atoms with E-state index in [-0.39, 0.29) is 23.5 Å². The van der Waals surface area contributed by atoms with E-state index < -0.39 is 0 Å². The van der Waals surface area contributed by atoms with Gasteiger partial charge < -0.3 is 10.4 Å². The Hall–Kier alpha value is -0.570. The number of nitrogens with one attached hydrogen (secondary N) is 1. The highest BCUT2D eigenvalue weighted by Gasteiger charge is 2.55. The maximum Gasteiger partial charge on any atom is 0.226 e.